The highest BCUT2D eigenvalue weighted by Crippen LogP contribution is 2.22. The van der Waals surface area contributed by atoms with E-state index in [1.165, 1.54) is 12.1 Å². The molecule has 4 rings (SSSR count). The fourth-order valence-corrected chi connectivity index (χ4v) is 3.47. The van der Waals surface area contributed by atoms with Crippen LogP contribution in [-0.4, -0.2) is 40.6 Å². The van der Waals surface area contributed by atoms with Crippen molar-refractivity contribution >= 4 is 34.1 Å². The summed E-state index contributed by atoms with van der Waals surface area (Å²) in [6, 6.07) is 11.7. The van der Waals surface area contributed by atoms with Crippen LogP contribution in [0.3, 0.4) is 0 Å². The van der Waals surface area contributed by atoms with Gasteiger partial charge in [0.2, 0.25) is 0 Å². The molecule has 0 amide bonds. The molecular formula is C18H17ClN4O4. The summed E-state index contributed by atoms with van der Waals surface area (Å²) in [5.74, 6) is -0.398. The number of hydrogen-bond donors (Lipinski definition) is 0. The Morgan fingerprint density at radius 2 is 1.78 bits per heavy atom. The Morgan fingerprint density at radius 1 is 1.07 bits per heavy atom. The molecule has 2 aromatic carbocycles. The zero-order chi connectivity index (χ0) is 19.0. The van der Waals surface area contributed by atoms with E-state index in [4.69, 9.17) is 16.0 Å². The molecule has 27 heavy (non-hydrogen) atoms. The van der Waals surface area contributed by atoms with Crippen molar-refractivity contribution in [3.05, 3.63) is 68.2 Å². The molecule has 2 heterocycles. The average molecular weight is 389 g/mol. The Labute approximate surface area is 159 Å². The second-order valence-electron chi connectivity index (χ2n) is 6.43. The van der Waals surface area contributed by atoms with Crippen LogP contribution in [0.4, 0.5) is 11.4 Å². The summed E-state index contributed by atoms with van der Waals surface area (Å²) < 4.78 is 6.88. The SMILES string of the molecule is O=c1oc2cc(Cl)ccc2n1CN1CCN(c2ccc([N+](=O)[O-])cc2)CC1. The maximum absolute atomic E-state index is 12.2. The van der Waals surface area contributed by atoms with E-state index in [1.54, 1.807) is 34.9 Å². The Bertz CT molecular complexity index is 1040. The number of nitro groups is 1. The van der Waals surface area contributed by atoms with Crippen molar-refractivity contribution in [3.63, 3.8) is 0 Å². The lowest BCUT2D eigenvalue weighted by Gasteiger charge is -2.35. The van der Waals surface area contributed by atoms with Gasteiger partial charge in [-0.25, -0.2) is 4.79 Å². The van der Waals surface area contributed by atoms with Crippen molar-refractivity contribution in [2.75, 3.05) is 31.1 Å². The molecule has 0 atom stereocenters. The number of benzene rings is 2. The lowest BCUT2D eigenvalue weighted by atomic mass is 10.2. The van der Waals surface area contributed by atoms with Crippen molar-refractivity contribution in [2.24, 2.45) is 0 Å². The van der Waals surface area contributed by atoms with E-state index in [2.05, 4.69) is 9.80 Å². The molecular weight excluding hydrogens is 372 g/mol. The number of oxazole rings is 1. The number of piperazine rings is 1. The van der Waals surface area contributed by atoms with Gasteiger partial charge < -0.3 is 9.32 Å². The quantitative estimate of drug-likeness (QED) is 0.504. The van der Waals surface area contributed by atoms with Crippen molar-refractivity contribution in [2.45, 2.75) is 6.67 Å². The molecule has 0 spiro atoms. The minimum atomic E-state index is -0.401. The summed E-state index contributed by atoms with van der Waals surface area (Å²) in [4.78, 5) is 26.9. The number of fused-ring (bicyclic) bond motifs is 1. The first-order chi connectivity index (χ1) is 13.0. The summed E-state index contributed by atoms with van der Waals surface area (Å²) >= 11 is 5.95. The Morgan fingerprint density at radius 3 is 2.44 bits per heavy atom. The van der Waals surface area contributed by atoms with Crippen molar-refractivity contribution < 1.29 is 9.34 Å². The monoisotopic (exact) mass is 388 g/mol. The predicted molar refractivity (Wildman–Crippen MR) is 102 cm³/mol. The molecule has 1 aliphatic heterocycles. The second-order valence-corrected chi connectivity index (χ2v) is 6.86. The number of nitrogens with zero attached hydrogens (tertiary/aromatic N) is 4. The number of nitro benzene ring substituents is 1. The molecule has 1 aliphatic rings. The molecule has 0 unspecified atom stereocenters. The van der Waals surface area contributed by atoms with Gasteiger partial charge in [0.1, 0.15) is 0 Å². The predicted octanol–water partition coefficient (Wildman–Crippen LogP) is 2.94. The van der Waals surface area contributed by atoms with Crippen LogP contribution < -0.4 is 10.7 Å². The van der Waals surface area contributed by atoms with Crippen molar-refractivity contribution in [1.82, 2.24) is 9.47 Å². The van der Waals surface area contributed by atoms with E-state index in [-0.39, 0.29) is 5.69 Å². The number of hydrogen-bond acceptors (Lipinski definition) is 6. The summed E-state index contributed by atoms with van der Waals surface area (Å²) in [6.07, 6.45) is 0. The van der Waals surface area contributed by atoms with Crippen LogP contribution in [0.2, 0.25) is 5.02 Å². The van der Waals surface area contributed by atoms with Crippen LogP contribution in [-0.2, 0) is 6.67 Å². The van der Waals surface area contributed by atoms with E-state index in [9.17, 15) is 14.9 Å². The van der Waals surface area contributed by atoms with Crippen LogP contribution >= 0.6 is 11.6 Å². The van der Waals surface area contributed by atoms with E-state index in [0.717, 1.165) is 37.4 Å². The normalized spacial score (nSPS) is 15.4. The van der Waals surface area contributed by atoms with E-state index >= 15 is 0 Å². The van der Waals surface area contributed by atoms with Crippen molar-refractivity contribution in [1.29, 1.82) is 0 Å². The first-order valence-electron chi connectivity index (χ1n) is 8.52. The van der Waals surface area contributed by atoms with Gasteiger partial charge in [-0.1, -0.05) is 11.6 Å². The summed E-state index contributed by atoms with van der Waals surface area (Å²) in [7, 11) is 0. The third-order valence-corrected chi connectivity index (χ3v) is 5.00. The van der Waals surface area contributed by atoms with E-state index < -0.39 is 10.7 Å². The van der Waals surface area contributed by atoms with Gasteiger partial charge >= 0.3 is 5.76 Å². The van der Waals surface area contributed by atoms with E-state index in [0.29, 0.717) is 17.3 Å². The maximum Gasteiger partial charge on any atom is 0.421 e. The molecule has 3 aromatic rings. The topological polar surface area (TPSA) is 84.8 Å². The molecule has 8 nitrogen and oxygen atoms in total. The molecule has 0 aliphatic carbocycles. The summed E-state index contributed by atoms with van der Waals surface area (Å²) in [6.45, 7) is 3.53. The zero-order valence-electron chi connectivity index (χ0n) is 14.4. The first kappa shape index (κ1) is 17.6. The van der Waals surface area contributed by atoms with E-state index in [1.807, 2.05) is 0 Å². The van der Waals surface area contributed by atoms with Gasteiger partial charge in [0, 0.05) is 55.1 Å². The molecule has 1 saturated heterocycles. The number of aromatic nitrogens is 1. The lowest BCUT2D eigenvalue weighted by Crippen LogP contribution is -2.47. The van der Waals surface area contributed by atoms with Crippen LogP contribution in [0.5, 0.6) is 0 Å². The molecule has 0 N–H and O–H groups in total. The molecule has 9 heteroatoms. The standard InChI is InChI=1S/C18H17ClN4O4/c19-13-1-6-16-17(11-13)27-18(24)22(16)12-20-7-9-21(10-8-20)14-2-4-15(5-3-14)23(25)26/h1-6,11H,7-10,12H2. The van der Waals surface area contributed by atoms with Crippen molar-refractivity contribution in [3.8, 4) is 0 Å². The minimum absolute atomic E-state index is 0.0868. The van der Waals surface area contributed by atoms with Gasteiger partial charge in [0.25, 0.3) is 5.69 Å². The highest BCUT2D eigenvalue weighted by Gasteiger charge is 2.20. The Kier molecular flexibility index (Phi) is 4.59. The van der Waals surface area contributed by atoms with Crippen LogP contribution in [0, 0.1) is 10.1 Å². The molecule has 0 saturated carbocycles. The van der Waals surface area contributed by atoms with Crippen LogP contribution in [0.25, 0.3) is 11.1 Å². The lowest BCUT2D eigenvalue weighted by molar-refractivity contribution is -0.384. The van der Waals surface area contributed by atoms with Gasteiger partial charge in [-0.05, 0) is 24.3 Å². The number of rotatable bonds is 4. The molecule has 0 radical (unpaired) electrons. The number of halogens is 1. The smallest absolute Gasteiger partial charge is 0.408 e. The molecule has 1 fully saturated rings. The highest BCUT2D eigenvalue weighted by atomic mass is 35.5. The molecule has 0 bridgehead atoms. The fourth-order valence-electron chi connectivity index (χ4n) is 3.31. The third-order valence-electron chi connectivity index (χ3n) is 4.77. The van der Waals surface area contributed by atoms with Gasteiger partial charge in [-0.3, -0.25) is 19.6 Å². The number of non-ortho nitro benzene ring substituents is 1. The molecule has 1 aromatic heterocycles. The van der Waals surface area contributed by atoms with Gasteiger partial charge in [-0.15, -0.1) is 0 Å². The highest BCUT2D eigenvalue weighted by molar-refractivity contribution is 6.31. The van der Waals surface area contributed by atoms with Gasteiger partial charge in [0.05, 0.1) is 17.1 Å². The third kappa shape index (κ3) is 3.54. The maximum atomic E-state index is 12.2. The first-order valence-corrected chi connectivity index (χ1v) is 8.90. The Balaban J connectivity index is 1.43. The minimum Gasteiger partial charge on any atom is -0.408 e. The largest absolute Gasteiger partial charge is 0.421 e. The van der Waals surface area contributed by atoms with Crippen LogP contribution in [0.15, 0.2) is 51.7 Å². The summed E-state index contributed by atoms with van der Waals surface area (Å²) in [5, 5.41) is 11.3. The fraction of sp³-hybridized carbons (Fsp3) is 0.278. The summed E-state index contributed by atoms with van der Waals surface area (Å²) in [5.41, 5.74) is 2.25. The molecule has 140 valence electrons. The average Bonchev–Trinajstić information content (AvgIpc) is 2.97. The number of anilines is 1. The zero-order valence-corrected chi connectivity index (χ0v) is 15.1. The van der Waals surface area contributed by atoms with Gasteiger partial charge in [0.15, 0.2) is 5.58 Å². The van der Waals surface area contributed by atoms with Gasteiger partial charge in [-0.2, -0.15) is 0 Å². The Hall–Kier alpha value is -2.84. The van der Waals surface area contributed by atoms with Crippen LogP contribution in [0.1, 0.15) is 0 Å². The second kappa shape index (κ2) is 7.05.